The van der Waals surface area contributed by atoms with Crippen molar-refractivity contribution < 1.29 is 18.0 Å². The molecule has 0 radical (unpaired) electrons. The molecule has 1 saturated carbocycles. The van der Waals surface area contributed by atoms with E-state index in [1.54, 1.807) is 18.2 Å². The SMILES string of the molecule is O=C(Nc1ccc2nn(C3CC(CI)C3)cc2c1)c1cccc(C(F)(F)F)n1. The molecule has 1 amide bonds. The van der Waals surface area contributed by atoms with Gasteiger partial charge in [0, 0.05) is 21.7 Å². The number of fused-ring (bicyclic) bond motifs is 1. The number of nitrogens with zero attached hydrogens (tertiary/aromatic N) is 3. The lowest BCUT2D eigenvalue weighted by molar-refractivity contribution is -0.141. The number of nitrogens with one attached hydrogen (secondary N) is 1. The number of halogens is 4. The maximum absolute atomic E-state index is 12.8. The maximum Gasteiger partial charge on any atom is 0.433 e. The zero-order valence-electron chi connectivity index (χ0n) is 14.6. The molecular formula is C19H16F3IN4O. The summed E-state index contributed by atoms with van der Waals surface area (Å²) >= 11 is 2.40. The standard InChI is InChI=1S/C19H16F3IN4O/c20-19(21,22)17-3-1-2-16(25-17)18(28)24-13-4-5-15-12(8-13)10-27(26-15)14-6-11(7-14)9-23/h1-5,8,10-11,14H,6-7,9H2,(H,24,28). The summed E-state index contributed by atoms with van der Waals surface area (Å²) in [6, 6.07) is 8.88. The summed E-state index contributed by atoms with van der Waals surface area (Å²) in [6.07, 6.45) is -0.424. The second-order valence-corrected chi connectivity index (χ2v) is 7.77. The van der Waals surface area contributed by atoms with Gasteiger partial charge in [-0.2, -0.15) is 18.3 Å². The summed E-state index contributed by atoms with van der Waals surface area (Å²) in [7, 11) is 0. The van der Waals surface area contributed by atoms with Crippen LogP contribution in [0.15, 0.2) is 42.6 Å². The molecule has 1 N–H and O–H groups in total. The third-order valence-corrected chi connectivity index (χ3v) is 6.10. The van der Waals surface area contributed by atoms with Crippen molar-refractivity contribution in [3.8, 4) is 0 Å². The zero-order valence-corrected chi connectivity index (χ0v) is 16.7. The largest absolute Gasteiger partial charge is 0.433 e. The first-order valence-corrected chi connectivity index (χ1v) is 10.3. The van der Waals surface area contributed by atoms with Gasteiger partial charge in [0.15, 0.2) is 0 Å². The number of carbonyl (C=O) groups is 1. The molecule has 3 aromatic rings. The van der Waals surface area contributed by atoms with Crippen LogP contribution in [-0.4, -0.2) is 25.1 Å². The van der Waals surface area contributed by atoms with Crippen molar-refractivity contribution in [2.45, 2.75) is 25.1 Å². The number of carbonyl (C=O) groups excluding carboxylic acids is 1. The van der Waals surface area contributed by atoms with Gasteiger partial charge in [-0.1, -0.05) is 28.7 Å². The van der Waals surface area contributed by atoms with Gasteiger partial charge in [0.2, 0.25) is 0 Å². The van der Waals surface area contributed by atoms with E-state index in [0.717, 1.165) is 40.2 Å². The van der Waals surface area contributed by atoms with E-state index in [2.05, 4.69) is 38.0 Å². The predicted molar refractivity (Wildman–Crippen MR) is 108 cm³/mol. The number of hydrogen-bond donors (Lipinski definition) is 1. The Morgan fingerprint density at radius 3 is 2.75 bits per heavy atom. The number of amides is 1. The Morgan fingerprint density at radius 2 is 2.04 bits per heavy atom. The molecule has 5 nitrogen and oxygen atoms in total. The van der Waals surface area contributed by atoms with Crippen LogP contribution in [0.1, 0.15) is 35.1 Å². The first kappa shape index (κ1) is 19.2. The van der Waals surface area contributed by atoms with Crippen LogP contribution in [-0.2, 0) is 6.18 Å². The van der Waals surface area contributed by atoms with Crippen LogP contribution < -0.4 is 5.32 Å². The van der Waals surface area contributed by atoms with Crippen LogP contribution in [0.25, 0.3) is 10.9 Å². The Morgan fingerprint density at radius 1 is 1.25 bits per heavy atom. The molecule has 28 heavy (non-hydrogen) atoms. The maximum atomic E-state index is 12.8. The summed E-state index contributed by atoms with van der Waals surface area (Å²) in [6.45, 7) is 0. The highest BCUT2D eigenvalue weighted by molar-refractivity contribution is 14.1. The Balaban J connectivity index is 1.51. The number of pyridine rings is 1. The van der Waals surface area contributed by atoms with Crippen LogP contribution in [0.3, 0.4) is 0 Å². The highest BCUT2D eigenvalue weighted by Gasteiger charge is 2.33. The highest BCUT2D eigenvalue weighted by atomic mass is 127. The highest BCUT2D eigenvalue weighted by Crippen LogP contribution is 2.39. The van der Waals surface area contributed by atoms with Gasteiger partial charge in [0.25, 0.3) is 5.91 Å². The van der Waals surface area contributed by atoms with E-state index >= 15 is 0 Å². The number of hydrogen-bond acceptors (Lipinski definition) is 3. The second-order valence-electron chi connectivity index (χ2n) is 6.89. The average Bonchev–Trinajstić information content (AvgIpc) is 3.03. The molecule has 0 unspecified atom stereocenters. The molecule has 146 valence electrons. The lowest BCUT2D eigenvalue weighted by Gasteiger charge is -2.34. The normalized spacial score (nSPS) is 19.4. The van der Waals surface area contributed by atoms with Crippen LogP contribution in [0, 0.1) is 5.92 Å². The van der Waals surface area contributed by atoms with Gasteiger partial charge in [-0.05, 0) is 49.1 Å². The molecule has 1 aliphatic rings. The van der Waals surface area contributed by atoms with Crippen LogP contribution in [0.2, 0.25) is 0 Å². The topological polar surface area (TPSA) is 59.8 Å². The fraction of sp³-hybridized carbons (Fsp3) is 0.316. The molecule has 1 aromatic carbocycles. The minimum absolute atomic E-state index is 0.287. The molecule has 2 heterocycles. The molecule has 0 spiro atoms. The van der Waals surface area contributed by atoms with E-state index < -0.39 is 17.8 Å². The number of alkyl halides is 4. The van der Waals surface area contributed by atoms with E-state index in [4.69, 9.17) is 0 Å². The van der Waals surface area contributed by atoms with Crippen LogP contribution >= 0.6 is 22.6 Å². The monoisotopic (exact) mass is 500 g/mol. The van der Waals surface area contributed by atoms with Crippen molar-refractivity contribution in [1.82, 2.24) is 14.8 Å². The van der Waals surface area contributed by atoms with Crippen molar-refractivity contribution in [2.24, 2.45) is 5.92 Å². The summed E-state index contributed by atoms with van der Waals surface area (Å²) in [5.74, 6) is 0.0504. The second kappa shape index (κ2) is 7.34. The van der Waals surface area contributed by atoms with Gasteiger partial charge in [0.05, 0.1) is 11.6 Å². The van der Waals surface area contributed by atoms with Gasteiger partial charge in [0.1, 0.15) is 11.4 Å². The van der Waals surface area contributed by atoms with Crippen molar-refractivity contribution in [3.05, 3.63) is 54.0 Å². The third-order valence-electron chi connectivity index (χ3n) is 4.86. The lowest BCUT2D eigenvalue weighted by Crippen LogP contribution is -2.27. The molecule has 9 heteroatoms. The molecule has 4 rings (SSSR count). The van der Waals surface area contributed by atoms with Crippen molar-refractivity contribution in [3.63, 3.8) is 0 Å². The van der Waals surface area contributed by atoms with Crippen molar-refractivity contribution in [1.29, 1.82) is 0 Å². The number of aromatic nitrogens is 3. The van der Waals surface area contributed by atoms with E-state index in [9.17, 15) is 18.0 Å². The first-order valence-electron chi connectivity index (χ1n) is 8.74. The van der Waals surface area contributed by atoms with E-state index in [0.29, 0.717) is 11.7 Å². The zero-order chi connectivity index (χ0) is 19.9. The molecule has 0 aliphatic heterocycles. The minimum atomic E-state index is -4.60. The van der Waals surface area contributed by atoms with Gasteiger partial charge < -0.3 is 5.32 Å². The van der Waals surface area contributed by atoms with Crippen LogP contribution in [0.5, 0.6) is 0 Å². The van der Waals surface area contributed by atoms with Gasteiger partial charge >= 0.3 is 6.18 Å². The molecule has 1 aliphatic carbocycles. The quantitative estimate of drug-likeness (QED) is 0.401. The fourth-order valence-corrected chi connectivity index (χ4v) is 3.99. The molecule has 0 saturated heterocycles. The van der Waals surface area contributed by atoms with Crippen molar-refractivity contribution in [2.75, 3.05) is 9.74 Å². The molecule has 2 aromatic heterocycles. The molecule has 1 fully saturated rings. The van der Waals surface area contributed by atoms with Crippen molar-refractivity contribution >= 4 is 45.1 Å². The van der Waals surface area contributed by atoms with E-state index in [1.165, 1.54) is 12.1 Å². The van der Waals surface area contributed by atoms with Gasteiger partial charge in [-0.25, -0.2) is 4.98 Å². The van der Waals surface area contributed by atoms with Gasteiger partial charge in [-0.3, -0.25) is 9.48 Å². The summed E-state index contributed by atoms with van der Waals surface area (Å²) in [4.78, 5) is 15.7. The summed E-state index contributed by atoms with van der Waals surface area (Å²) in [5.41, 5.74) is -0.0877. The molecular weight excluding hydrogens is 484 g/mol. The summed E-state index contributed by atoms with van der Waals surface area (Å²) in [5, 5.41) is 8.06. The lowest BCUT2D eigenvalue weighted by atomic mass is 9.82. The number of benzene rings is 1. The third kappa shape index (κ3) is 3.85. The Labute approximate surface area is 172 Å². The average molecular weight is 500 g/mol. The van der Waals surface area contributed by atoms with Gasteiger partial charge in [-0.15, -0.1) is 0 Å². The smallest absolute Gasteiger partial charge is 0.321 e. The minimum Gasteiger partial charge on any atom is -0.321 e. The molecule has 0 bridgehead atoms. The fourth-order valence-electron chi connectivity index (χ4n) is 3.27. The number of anilines is 1. The predicted octanol–water partition coefficient (Wildman–Crippen LogP) is 5.09. The first-order chi connectivity index (χ1) is 13.3. The van der Waals surface area contributed by atoms with E-state index in [-0.39, 0.29) is 5.69 Å². The Kier molecular flexibility index (Phi) is 5.02. The number of rotatable bonds is 4. The van der Waals surface area contributed by atoms with E-state index in [1.807, 2.05) is 10.9 Å². The Bertz CT molecular complexity index is 1030. The molecule has 0 atom stereocenters. The Hall–Kier alpha value is -2.17. The summed E-state index contributed by atoms with van der Waals surface area (Å²) < 4.78 is 41.4. The van der Waals surface area contributed by atoms with Crippen LogP contribution in [0.4, 0.5) is 18.9 Å².